The van der Waals surface area contributed by atoms with E-state index in [4.69, 9.17) is 14.6 Å². The smallest absolute Gasteiger partial charge is 0.340 e. The molecule has 31 heavy (non-hydrogen) atoms. The molecule has 1 N–H and O–H groups in total. The van der Waals surface area contributed by atoms with Crippen LogP contribution in [0.2, 0.25) is 0 Å². The lowest BCUT2D eigenvalue weighted by Gasteiger charge is -2.31. The van der Waals surface area contributed by atoms with Crippen LogP contribution in [-0.4, -0.2) is 65.5 Å². The highest BCUT2D eigenvalue weighted by atomic mass is 32.1. The van der Waals surface area contributed by atoms with E-state index in [0.29, 0.717) is 36.3 Å². The van der Waals surface area contributed by atoms with Gasteiger partial charge in [-0.1, -0.05) is 0 Å². The van der Waals surface area contributed by atoms with Crippen LogP contribution < -0.4 is 4.74 Å². The lowest BCUT2D eigenvalue weighted by atomic mass is 9.90. The third-order valence-electron chi connectivity index (χ3n) is 5.80. The number of aromatic carboxylic acids is 1. The normalized spacial score (nSPS) is 15.5. The molecule has 0 amide bonds. The quantitative estimate of drug-likeness (QED) is 0.537. The zero-order chi connectivity index (χ0) is 21.8. The number of pyridine rings is 1. The number of carboxylic acids is 1. The molecule has 0 aliphatic carbocycles. The van der Waals surface area contributed by atoms with E-state index >= 15 is 0 Å². The van der Waals surface area contributed by atoms with Gasteiger partial charge in [-0.2, -0.15) is 0 Å². The molecule has 1 saturated heterocycles. The Morgan fingerprint density at radius 2 is 2.10 bits per heavy atom. The van der Waals surface area contributed by atoms with Gasteiger partial charge in [0.05, 0.1) is 12.1 Å². The van der Waals surface area contributed by atoms with E-state index in [0.717, 1.165) is 43.6 Å². The molecule has 166 valence electrons. The third kappa shape index (κ3) is 4.73. The molecule has 4 heterocycles. The highest BCUT2D eigenvalue weighted by Crippen LogP contribution is 2.34. The average molecular weight is 448 g/mol. The van der Waals surface area contributed by atoms with Crippen molar-refractivity contribution >= 4 is 28.3 Å². The number of piperidine rings is 1. The molecule has 0 bridgehead atoms. The summed E-state index contributed by atoms with van der Waals surface area (Å²) < 4.78 is 27.3. The van der Waals surface area contributed by atoms with Crippen LogP contribution in [-0.2, 0) is 11.3 Å². The number of thiophene rings is 1. The van der Waals surface area contributed by atoms with Crippen LogP contribution in [0.3, 0.4) is 0 Å². The zero-order valence-corrected chi connectivity index (χ0v) is 18.2. The number of aromatic nitrogens is 2. The number of likely N-dealkylation sites (tertiary alicyclic amines) is 1. The van der Waals surface area contributed by atoms with Crippen LogP contribution >= 0.6 is 11.3 Å². The van der Waals surface area contributed by atoms with Gasteiger partial charge in [0, 0.05) is 32.6 Å². The van der Waals surface area contributed by atoms with Crippen LogP contribution in [0.15, 0.2) is 29.9 Å². The lowest BCUT2D eigenvalue weighted by molar-refractivity contribution is 0.0692. The minimum absolute atomic E-state index is 0.216. The summed E-state index contributed by atoms with van der Waals surface area (Å²) >= 11 is 1.30. The van der Waals surface area contributed by atoms with Gasteiger partial charge >= 0.3 is 5.97 Å². The second-order valence-electron chi connectivity index (χ2n) is 7.65. The second kappa shape index (κ2) is 9.76. The molecular formula is C22H26FN3O4S. The molecule has 0 atom stereocenters. The lowest BCUT2D eigenvalue weighted by Crippen LogP contribution is -2.35. The van der Waals surface area contributed by atoms with Gasteiger partial charge in [-0.3, -0.25) is 9.88 Å². The minimum Gasteiger partial charge on any atom is -0.482 e. The van der Waals surface area contributed by atoms with Gasteiger partial charge in [0.2, 0.25) is 0 Å². The number of nitrogens with zero attached hydrogens (tertiary/aromatic N) is 3. The van der Waals surface area contributed by atoms with Crippen molar-refractivity contribution in [1.29, 1.82) is 0 Å². The maximum Gasteiger partial charge on any atom is 0.340 e. The molecular weight excluding hydrogens is 421 g/mol. The largest absolute Gasteiger partial charge is 0.482 e. The first-order chi connectivity index (χ1) is 15.1. The number of methoxy groups -OCH3 is 1. The number of ether oxygens (including phenoxy) is 2. The molecule has 4 rings (SSSR count). The number of fused-ring (bicyclic) bond motifs is 1. The van der Waals surface area contributed by atoms with E-state index in [1.165, 1.54) is 23.6 Å². The Labute approximate surface area is 184 Å². The summed E-state index contributed by atoms with van der Waals surface area (Å²) in [5.41, 5.74) is 2.62. The Hall–Kier alpha value is -2.49. The van der Waals surface area contributed by atoms with Crippen molar-refractivity contribution in [3.8, 4) is 5.06 Å². The monoisotopic (exact) mass is 447 g/mol. The van der Waals surface area contributed by atoms with Crippen molar-refractivity contribution in [3.05, 3.63) is 46.9 Å². The molecule has 0 aromatic carbocycles. The Kier molecular flexibility index (Phi) is 6.84. The van der Waals surface area contributed by atoms with Crippen molar-refractivity contribution in [1.82, 2.24) is 14.5 Å². The topological polar surface area (TPSA) is 76.8 Å². The molecule has 1 aliphatic heterocycles. The molecule has 3 aromatic heterocycles. The maximum atomic E-state index is 14.5. The molecule has 9 heteroatoms. The molecule has 1 fully saturated rings. The number of carbonyl (C=O) groups is 1. The first-order valence-electron chi connectivity index (χ1n) is 10.4. The van der Waals surface area contributed by atoms with Crippen molar-refractivity contribution in [2.45, 2.75) is 25.3 Å². The number of carboxylic acid groups (broad SMARTS) is 1. The predicted molar refractivity (Wildman–Crippen MR) is 117 cm³/mol. The van der Waals surface area contributed by atoms with Gasteiger partial charge in [0.1, 0.15) is 17.7 Å². The Morgan fingerprint density at radius 1 is 1.29 bits per heavy atom. The van der Waals surface area contributed by atoms with Gasteiger partial charge in [-0.15, -0.1) is 11.3 Å². The van der Waals surface area contributed by atoms with Crippen molar-refractivity contribution in [2.24, 2.45) is 0 Å². The molecule has 3 aromatic rings. The number of hydrogen-bond acceptors (Lipinski definition) is 6. The highest BCUT2D eigenvalue weighted by molar-refractivity contribution is 7.12. The standard InChI is InChI=1S/C22H26FN3O4S/c1-29-11-10-26-14-17(19-20(26)18(23)2-6-24-19)15-3-7-25(8-4-15)9-12-30-22-16(21(27)28)5-13-31-22/h2,5-6,13-15H,3-4,7-12H2,1H3,(H,27,28). The molecule has 0 saturated carbocycles. The third-order valence-corrected chi connectivity index (χ3v) is 6.62. The fraction of sp³-hybridized carbons (Fsp3) is 0.455. The number of halogens is 1. The second-order valence-corrected chi connectivity index (χ2v) is 8.53. The fourth-order valence-electron chi connectivity index (χ4n) is 4.17. The van der Waals surface area contributed by atoms with Gasteiger partial charge in [-0.05, 0) is 54.9 Å². The zero-order valence-electron chi connectivity index (χ0n) is 17.4. The summed E-state index contributed by atoms with van der Waals surface area (Å²) in [6.45, 7) is 4.12. The summed E-state index contributed by atoms with van der Waals surface area (Å²) in [7, 11) is 1.64. The first-order valence-corrected chi connectivity index (χ1v) is 11.2. The summed E-state index contributed by atoms with van der Waals surface area (Å²) in [6, 6.07) is 2.97. The van der Waals surface area contributed by atoms with Crippen molar-refractivity contribution in [2.75, 3.05) is 40.0 Å². The Morgan fingerprint density at radius 3 is 2.84 bits per heavy atom. The van der Waals surface area contributed by atoms with E-state index in [9.17, 15) is 9.18 Å². The minimum atomic E-state index is -0.966. The summed E-state index contributed by atoms with van der Waals surface area (Å²) in [5.74, 6) is -0.892. The SMILES string of the molecule is COCCn1cc(C2CCN(CCOc3sccc3C(=O)O)CC2)c2nccc(F)c21. The number of rotatable bonds is 9. The molecule has 7 nitrogen and oxygen atoms in total. The van der Waals surface area contributed by atoms with Crippen LogP contribution in [0.1, 0.15) is 34.7 Å². The molecule has 0 unspecified atom stereocenters. The fourth-order valence-corrected chi connectivity index (χ4v) is 4.94. The van der Waals surface area contributed by atoms with Gasteiger partial charge in [0.15, 0.2) is 10.9 Å². The van der Waals surface area contributed by atoms with Gasteiger partial charge in [-0.25, -0.2) is 9.18 Å². The van der Waals surface area contributed by atoms with Crippen LogP contribution in [0.4, 0.5) is 4.39 Å². The summed E-state index contributed by atoms with van der Waals surface area (Å²) in [4.78, 5) is 18.0. The summed E-state index contributed by atoms with van der Waals surface area (Å²) in [5, 5.41) is 11.3. The van der Waals surface area contributed by atoms with Crippen LogP contribution in [0.5, 0.6) is 5.06 Å². The predicted octanol–water partition coefficient (Wildman–Crippen LogP) is 3.84. The Bertz CT molecular complexity index is 1040. The van der Waals surface area contributed by atoms with Gasteiger partial charge in [0.25, 0.3) is 0 Å². The van der Waals surface area contributed by atoms with Crippen molar-refractivity contribution in [3.63, 3.8) is 0 Å². The molecule has 1 aliphatic rings. The van der Waals surface area contributed by atoms with Crippen molar-refractivity contribution < 1.29 is 23.8 Å². The Balaban J connectivity index is 1.36. The van der Waals surface area contributed by atoms with E-state index in [2.05, 4.69) is 9.88 Å². The summed E-state index contributed by atoms with van der Waals surface area (Å²) in [6.07, 6.45) is 5.49. The van der Waals surface area contributed by atoms with E-state index in [1.54, 1.807) is 18.6 Å². The molecule has 0 spiro atoms. The maximum absolute atomic E-state index is 14.5. The van der Waals surface area contributed by atoms with Crippen LogP contribution in [0, 0.1) is 5.82 Å². The number of hydrogen-bond donors (Lipinski definition) is 1. The highest BCUT2D eigenvalue weighted by Gasteiger charge is 2.25. The van der Waals surface area contributed by atoms with Gasteiger partial charge < -0.3 is 19.1 Å². The first kappa shape index (κ1) is 21.7. The van der Waals surface area contributed by atoms with E-state index in [-0.39, 0.29) is 11.4 Å². The van der Waals surface area contributed by atoms with E-state index in [1.807, 2.05) is 10.8 Å². The molecule has 0 radical (unpaired) electrons. The average Bonchev–Trinajstić information content (AvgIpc) is 3.38. The van der Waals surface area contributed by atoms with E-state index < -0.39 is 5.97 Å². The van der Waals surface area contributed by atoms with Crippen LogP contribution in [0.25, 0.3) is 11.0 Å².